The Balaban J connectivity index is 1.49. The summed E-state index contributed by atoms with van der Waals surface area (Å²) in [5.41, 5.74) is 1.97. The lowest BCUT2D eigenvalue weighted by atomic mass is 10.0. The molecular formula is C26H24F3N5. The Morgan fingerprint density at radius 2 is 1.71 bits per heavy atom. The summed E-state index contributed by atoms with van der Waals surface area (Å²) in [6, 6.07) is 15.9. The molecule has 5 rings (SSSR count). The fourth-order valence-electron chi connectivity index (χ4n) is 4.43. The van der Waals surface area contributed by atoms with Crippen molar-refractivity contribution in [3.8, 4) is 11.1 Å². The summed E-state index contributed by atoms with van der Waals surface area (Å²) in [5, 5.41) is 0.634. The van der Waals surface area contributed by atoms with Gasteiger partial charge in [-0.1, -0.05) is 36.4 Å². The molecule has 4 aromatic rings. The molecule has 0 amide bonds. The molecule has 0 bridgehead atoms. The maximum Gasteiger partial charge on any atom is 0.433 e. The van der Waals surface area contributed by atoms with E-state index in [2.05, 4.69) is 25.8 Å². The normalized spacial score (nSPS) is 15.4. The van der Waals surface area contributed by atoms with Crippen LogP contribution >= 0.6 is 0 Å². The predicted molar refractivity (Wildman–Crippen MR) is 126 cm³/mol. The van der Waals surface area contributed by atoms with Gasteiger partial charge in [-0.05, 0) is 35.7 Å². The maximum absolute atomic E-state index is 13.5. The van der Waals surface area contributed by atoms with Crippen molar-refractivity contribution < 1.29 is 13.2 Å². The molecule has 34 heavy (non-hydrogen) atoms. The van der Waals surface area contributed by atoms with E-state index >= 15 is 0 Å². The minimum absolute atomic E-state index is 0.322. The first-order chi connectivity index (χ1) is 16.5. The molecule has 4 heterocycles. The first-order valence-electron chi connectivity index (χ1n) is 11.3. The van der Waals surface area contributed by atoms with Crippen molar-refractivity contribution in [3.63, 3.8) is 0 Å². The molecule has 0 saturated carbocycles. The van der Waals surface area contributed by atoms with Crippen LogP contribution in [0.1, 0.15) is 17.7 Å². The Morgan fingerprint density at radius 1 is 0.853 bits per heavy atom. The second kappa shape index (κ2) is 9.38. The molecular weight excluding hydrogens is 439 g/mol. The highest BCUT2D eigenvalue weighted by Gasteiger charge is 2.33. The van der Waals surface area contributed by atoms with E-state index in [0.717, 1.165) is 56.3 Å². The minimum Gasteiger partial charge on any atom is -0.355 e. The number of pyridine rings is 3. The molecule has 174 valence electrons. The Hall–Kier alpha value is -3.52. The van der Waals surface area contributed by atoms with Gasteiger partial charge in [-0.15, -0.1) is 0 Å². The quantitative estimate of drug-likeness (QED) is 0.404. The molecule has 0 radical (unpaired) electrons. The zero-order valence-electron chi connectivity index (χ0n) is 18.5. The van der Waals surface area contributed by atoms with Gasteiger partial charge in [0.05, 0.1) is 5.52 Å². The van der Waals surface area contributed by atoms with E-state index in [9.17, 15) is 13.2 Å². The number of benzene rings is 1. The van der Waals surface area contributed by atoms with Crippen molar-refractivity contribution in [3.05, 3.63) is 84.4 Å². The number of hydrogen-bond donors (Lipinski definition) is 0. The molecule has 5 nitrogen and oxygen atoms in total. The summed E-state index contributed by atoms with van der Waals surface area (Å²) >= 11 is 0. The fraction of sp³-hybridized carbons (Fsp3) is 0.269. The van der Waals surface area contributed by atoms with Crippen LogP contribution in [0.5, 0.6) is 0 Å². The molecule has 0 spiro atoms. The first-order valence-corrected chi connectivity index (χ1v) is 11.3. The average molecular weight is 464 g/mol. The maximum atomic E-state index is 13.5. The molecule has 0 unspecified atom stereocenters. The standard InChI is InChI=1S/C26H24F3N5/c27-26(28,29)23-10-9-21-24(32-23)22(20-7-2-1-3-8-20)17-31-25(21)34-13-5-12-33(14-15-34)18-19-6-4-11-30-16-19/h1-4,6-11,16-17H,5,12-15,18H2. The Morgan fingerprint density at radius 3 is 2.47 bits per heavy atom. The smallest absolute Gasteiger partial charge is 0.355 e. The van der Waals surface area contributed by atoms with E-state index in [0.29, 0.717) is 22.3 Å². The molecule has 0 N–H and O–H groups in total. The third-order valence-electron chi connectivity index (χ3n) is 6.10. The van der Waals surface area contributed by atoms with Crippen molar-refractivity contribution in [1.82, 2.24) is 19.9 Å². The monoisotopic (exact) mass is 463 g/mol. The summed E-state index contributed by atoms with van der Waals surface area (Å²) in [6.45, 7) is 4.08. The second-order valence-corrected chi connectivity index (χ2v) is 8.43. The van der Waals surface area contributed by atoms with E-state index in [-0.39, 0.29) is 0 Å². The van der Waals surface area contributed by atoms with E-state index in [1.165, 1.54) is 6.07 Å². The van der Waals surface area contributed by atoms with Gasteiger partial charge in [-0.3, -0.25) is 9.88 Å². The van der Waals surface area contributed by atoms with Gasteiger partial charge < -0.3 is 4.90 Å². The Kier molecular flexibility index (Phi) is 6.15. The largest absolute Gasteiger partial charge is 0.433 e. The molecule has 1 aliphatic rings. The van der Waals surface area contributed by atoms with Crippen LogP contribution < -0.4 is 4.90 Å². The van der Waals surface area contributed by atoms with Crippen LogP contribution in [0, 0.1) is 0 Å². The first kappa shape index (κ1) is 22.3. The van der Waals surface area contributed by atoms with Gasteiger partial charge in [0.15, 0.2) is 0 Å². The van der Waals surface area contributed by atoms with Gasteiger partial charge in [0, 0.05) is 62.3 Å². The number of aromatic nitrogens is 3. The summed E-state index contributed by atoms with van der Waals surface area (Å²) in [6.07, 6.45) is 1.71. The molecule has 0 atom stereocenters. The molecule has 8 heteroatoms. The lowest BCUT2D eigenvalue weighted by Gasteiger charge is -2.24. The summed E-state index contributed by atoms with van der Waals surface area (Å²) < 4.78 is 40.4. The molecule has 1 aliphatic heterocycles. The molecule has 3 aromatic heterocycles. The molecule has 0 aliphatic carbocycles. The van der Waals surface area contributed by atoms with Crippen LogP contribution in [0.4, 0.5) is 19.0 Å². The topological polar surface area (TPSA) is 45.2 Å². The van der Waals surface area contributed by atoms with Crippen molar-refractivity contribution in [2.75, 3.05) is 31.1 Å². The van der Waals surface area contributed by atoms with E-state index < -0.39 is 11.9 Å². The third kappa shape index (κ3) is 4.72. The zero-order chi connectivity index (χ0) is 23.5. The van der Waals surface area contributed by atoms with Crippen molar-refractivity contribution >= 4 is 16.7 Å². The molecule has 1 fully saturated rings. The highest BCUT2D eigenvalue weighted by molar-refractivity contribution is 5.99. The number of nitrogens with zero attached hydrogens (tertiary/aromatic N) is 5. The van der Waals surface area contributed by atoms with Crippen molar-refractivity contribution in [1.29, 1.82) is 0 Å². The predicted octanol–water partition coefficient (Wildman–Crippen LogP) is 5.42. The van der Waals surface area contributed by atoms with E-state index in [1.54, 1.807) is 12.4 Å². The van der Waals surface area contributed by atoms with Crippen LogP contribution in [0.2, 0.25) is 0 Å². The molecule has 1 saturated heterocycles. The van der Waals surface area contributed by atoms with Gasteiger partial charge >= 0.3 is 6.18 Å². The Bertz CT molecular complexity index is 1260. The van der Waals surface area contributed by atoms with Crippen molar-refractivity contribution in [2.45, 2.75) is 19.1 Å². The number of alkyl halides is 3. The summed E-state index contributed by atoms with van der Waals surface area (Å²) in [7, 11) is 0. The van der Waals surface area contributed by atoms with Crippen LogP contribution in [-0.2, 0) is 12.7 Å². The lowest BCUT2D eigenvalue weighted by molar-refractivity contribution is -0.140. The zero-order valence-corrected chi connectivity index (χ0v) is 18.5. The average Bonchev–Trinajstić information content (AvgIpc) is 3.09. The second-order valence-electron chi connectivity index (χ2n) is 8.43. The van der Waals surface area contributed by atoms with Gasteiger partial charge in [0.2, 0.25) is 0 Å². The SMILES string of the molecule is FC(F)(F)c1ccc2c(N3CCCN(Cc4cccnc4)CC3)ncc(-c3ccccc3)c2n1. The number of hydrogen-bond acceptors (Lipinski definition) is 5. The summed E-state index contributed by atoms with van der Waals surface area (Å²) in [5.74, 6) is 0.680. The Labute approximate surface area is 195 Å². The van der Waals surface area contributed by atoms with Crippen LogP contribution in [0.15, 0.2) is 73.2 Å². The lowest BCUT2D eigenvalue weighted by Crippen LogP contribution is -2.31. The molecule has 1 aromatic carbocycles. The van der Waals surface area contributed by atoms with Crippen LogP contribution in [0.3, 0.4) is 0 Å². The van der Waals surface area contributed by atoms with Gasteiger partial charge in [-0.2, -0.15) is 13.2 Å². The summed E-state index contributed by atoms with van der Waals surface area (Å²) in [4.78, 5) is 17.5. The van der Waals surface area contributed by atoms with Crippen molar-refractivity contribution in [2.24, 2.45) is 0 Å². The van der Waals surface area contributed by atoms with Gasteiger partial charge in [-0.25, -0.2) is 9.97 Å². The number of anilines is 1. The van der Waals surface area contributed by atoms with Gasteiger partial charge in [0.1, 0.15) is 11.5 Å². The number of rotatable bonds is 4. The number of fused-ring (bicyclic) bond motifs is 1. The van der Waals surface area contributed by atoms with E-state index in [4.69, 9.17) is 4.98 Å². The fourth-order valence-corrected chi connectivity index (χ4v) is 4.43. The van der Waals surface area contributed by atoms with Gasteiger partial charge in [0.25, 0.3) is 0 Å². The highest BCUT2D eigenvalue weighted by atomic mass is 19.4. The van der Waals surface area contributed by atoms with Crippen LogP contribution in [-0.4, -0.2) is 46.0 Å². The highest BCUT2D eigenvalue weighted by Crippen LogP contribution is 2.36. The minimum atomic E-state index is -4.51. The van der Waals surface area contributed by atoms with Crippen LogP contribution in [0.25, 0.3) is 22.0 Å². The van der Waals surface area contributed by atoms with E-state index in [1.807, 2.05) is 42.6 Å². The number of halogens is 3. The third-order valence-corrected chi connectivity index (χ3v) is 6.10.